The normalized spacial score (nSPS) is 42.4. The monoisotopic (exact) mass is 915 g/mol. The summed E-state index contributed by atoms with van der Waals surface area (Å²) in [6.45, 7) is 18.7. The Labute approximate surface area is 380 Å². The molecule has 4 heterocycles. The molecule has 1 aromatic rings. The van der Waals surface area contributed by atoms with Gasteiger partial charge in [0.25, 0.3) is 0 Å². The topological polar surface area (TPSA) is 234 Å². The van der Waals surface area contributed by atoms with Gasteiger partial charge in [0.2, 0.25) is 0 Å². The Morgan fingerprint density at radius 3 is 2.28 bits per heavy atom. The van der Waals surface area contributed by atoms with Crippen LogP contribution >= 0.6 is 0 Å². The first-order chi connectivity index (χ1) is 29.9. The molecule has 0 saturated carbocycles. The lowest BCUT2D eigenvalue weighted by atomic mass is 9.77. The number of methoxy groups -OCH3 is 1. The highest BCUT2D eigenvalue weighted by molar-refractivity contribution is 5.73. The van der Waals surface area contributed by atoms with Crippen LogP contribution in [0, 0.1) is 17.8 Å². The molecule has 4 rings (SSSR count). The number of nitrogens with zero attached hydrogens (tertiary/aromatic N) is 2. The zero-order valence-electron chi connectivity index (χ0n) is 40.6. The maximum Gasteiger partial charge on any atom is 0.315 e. The van der Waals surface area contributed by atoms with E-state index < -0.39 is 96.0 Å². The lowest BCUT2D eigenvalue weighted by molar-refractivity contribution is -0.318. The summed E-state index contributed by atoms with van der Waals surface area (Å²) in [6.07, 6.45) is -7.01. The van der Waals surface area contributed by atoms with Crippen molar-refractivity contribution in [3.63, 3.8) is 0 Å². The molecule has 18 heteroatoms. The first-order valence-corrected chi connectivity index (χ1v) is 23.2. The highest BCUT2D eigenvalue weighted by Gasteiger charge is 2.53. The molecule has 3 fully saturated rings. The molecule has 0 aliphatic carbocycles. The van der Waals surface area contributed by atoms with Gasteiger partial charge < -0.3 is 73.9 Å². The minimum Gasteiger partial charge on any atom is -0.467 e. The van der Waals surface area contributed by atoms with Crippen molar-refractivity contribution in [1.82, 2.24) is 20.4 Å². The van der Waals surface area contributed by atoms with E-state index >= 15 is 0 Å². The van der Waals surface area contributed by atoms with Crippen LogP contribution in [0.2, 0.25) is 0 Å². The van der Waals surface area contributed by atoms with Gasteiger partial charge in [0, 0.05) is 51.2 Å². The van der Waals surface area contributed by atoms with Gasteiger partial charge in [0.05, 0.1) is 54.3 Å². The fraction of sp³-hybridized carbons (Fsp3) is 0.870. The second-order valence-electron chi connectivity index (χ2n) is 19.8. The third kappa shape index (κ3) is 13.4. The first-order valence-electron chi connectivity index (χ1n) is 23.2. The molecule has 0 unspecified atom stereocenters. The molecule has 3 saturated heterocycles. The van der Waals surface area contributed by atoms with Crippen LogP contribution in [0.5, 0.6) is 0 Å². The number of aliphatic hydroxyl groups is 5. The zero-order chi connectivity index (χ0) is 47.9. The van der Waals surface area contributed by atoms with Crippen LogP contribution in [-0.4, -0.2) is 178 Å². The predicted molar refractivity (Wildman–Crippen MR) is 237 cm³/mol. The number of likely N-dealkylation sites (N-methyl/N-ethyl adjacent to an activating group) is 1. The van der Waals surface area contributed by atoms with Crippen molar-refractivity contribution >= 4 is 12.0 Å². The van der Waals surface area contributed by atoms with E-state index in [9.17, 15) is 35.1 Å². The third-order valence-corrected chi connectivity index (χ3v) is 13.9. The standard InChI is InChI=1S/C46H82N4O14/c1-14-34-46(10,57)38(52)30(6)50(19-16-18-47-43(55)48-24-32-17-15-20-59-32)25-26(2)22-44(8,56)40(64-42-36(51)33(49(11)12)21-27(3)60-42)28(4)37(29(5)41(54)62-34)63-35-23-45(9,58-13)39(53)31(7)61-35/h15,17,20,26-31,33-40,42,51-53,56-57H,14,16,18-19,21-25H2,1-13H3,(H2,47,48,55)/t26-,27-,28+,29-,30-,31+,33+,34-,35+,36-,37+,38-,39+,40-,42+,44-,45-,46-/m1/s1. The number of rotatable bonds is 13. The molecule has 0 spiro atoms. The van der Waals surface area contributed by atoms with Gasteiger partial charge in [-0.3, -0.25) is 9.69 Å². The largest absolute Gasteiger partial charge is 0.467 e. The van der Waals surface area contributed by atoms with Gasteiger partial charge in [-0.1, -0.05) is 20.8 Å². The van der Waals surface area contributed by atoms with E-state index in [1.54, 1.807) is 60.6 Å². The molecule has 0 aromatic carbocycles. The summed E-state index contributed by atoms with van der Waals surface area (Å²) in [5.41, 5.74) is -4.63. The number of nitrogens with one attached hydrogen (secondary N) is 2. The lowest BCUT2D eigenvalue weighted by Crippen LogP contribution is -2.60. The number of carbonyl (C=O) groups is 2. The Bertz CT molecular complexity index is 1580. The van der Waals surface area contributed by atoms with E-state index in [0.717, 1.165) is 0 Å². The van der Waals surface area contributed by atoms with Crippen LogP contribution in [0.4, 0.5) is 4.79 Å². The number of hydrogen-bond acceptors (Lipinski definition) is 16. The molecule has 3 aliphatic heterocycles. The molecule has 18 nitrogen and oxygen atoms in total. The van der Waals surface area contributed by atoms with E-state index in [0.29, 0.717) is 38.2 Å². The van der Waals surface area contributed by atoms with Gasteiger partial charge >= 0.3 is 12.0 Å². The van der Waals surface area contributed by atoms with Gasteiger partial charge in [-0.25, -0.2) is 4.79 Å². The Hall–Kier alpha value is -2.46. The maximum absolute atomic E-state index is 14.5. The average molecular weight is 915 g/mol. The van der Waals surface area contributed by atoms with E-state index in [4.69, 9.17) is 32.8 Å². The summed E-state index contributed by atoms with van der Waals surface area (Å²) >= 11 is 0. The number of esters is 1. The predicted octanol–water partition coefficient (Wildman–Crippen LogP) is 2.75. The Balaban J connectivity index is 1.73. The summed E-state index contributed by atoms with van der Waals surface area (Å²) in [7, 11) is 5.25. The number of aliphatic hydroxyl groups excluding tert-OH is 3. The highest BCUT2D eigenvalue weighted by Crippen LogP contribution is 2.40. The van der Waals surface area contributed by atoms with Crippen molar-refractivity contribution in [2.24, 2.45) is 17.8 Å². The lowest BCUT2D eigenvalue weighted by Gasteiger charge is -2.48. The smallest absolute Gasteiger partial charge is 0.315 e. The minimum absolute atomic E-state index is 0.1000. The molecule has 18 atom stereocenters. The fourth-order valence-electron chi connectivity index (χ4n) is 10.0. The number of urea groups is 1. The summed E-state index contributed by atoms with van der Waals surface area (Å²) in [6, 6.07) is 2.14. The molecule has 64 heavy (non-hydrogen) atoms. The molecule has 1 aromatic heterocycles. The number of carbonyl (C=O) groups excluding carboxylic acids is 2. The third-order valence-electron chi connectivity index (χ3n) is 13.9. The molecule has 0 radical (unpaired) electrons. The Morgan fingerprint density at radius 1 is 0.984 bits per heavy atom. The highest BCUT2D eigenvalue weighted by atomic mass is 16.7. The number of furan rings is 1. The van der Waals surface area contributed by atoms with Crippen LogP contribution in [-0.2, 0) is 39.8 Å². The SMILES string of the molecule is CC[C@H]1OC(=O)[C@H](C)[C@@H](O[C@H]2C[C@@](C)(OC)[C@@H](O)[C@H](C)O2)[C@H](C)[C@@H](O[C@@H]2O[C@H](C)C[C@H](N(C)C)[C@H]2O)[C@](C)(O)C[C@@H](C)CN(CCCNC(=O)NCc2ccco2)[C@H](C)[C@@H](O)[C@]1(C)O. The molecule has 0 bridgehead atoms. The molecular weight excluding hydrogens is 833 g/mol. The van der Waals surface area contributed by atoms with Crippen molar-refractivity contribution < 1.29 is 68.0 Å². The van der Waals surface area contributed by atoms with Crippen molar-refractivity contribution in [2.45, 2.75) is 198 Å². The van der Waals surface area contributed by atoms with Crippen molar-refractivity contribution in [2.75, 3.05) is 40.8 Å². The quantitative estimate of drug-likeness (QED) is 0.111. The van der Waals surface area contributed by atoms with Crippen LogP contribution in [0.1, 0.15) is 107 Å². The summed E-state index contributed by atoms with van der Waals surface area (Å²) in [4.78, 5) is 31.0. The number of cyclic esters (lactones) is 1. The van der Waals surface area contributed by atoms with E-state index in [2.05, 4.69) is 10.6 Å². The van der Waals surface area contributed by atoms with Gasteiger partial charge in [-0.15, -0.1) is 0 Å². The first kappa shape index (κ1) is 54.1. The molecule has 7 N–H and O–H groups in total. The van der Waals surface area contributed by atoms with Crippen molar-refractivity contribution in [1.29, 1.82) is 0 Å². The number of amides is 2. The van der Waals surface area contributed by atoms with Crippen molar-refractivity contribution in [3.05, 3.63) is 24.2 Å². The van der Waals surface area contributed by atoms with Gasteiger partial charge in [0.1, 0.15) is 35.8 Å². The number of ether oxygens (including phenoxy) is 6. The van der Waals surface area contributed by atoms with Gasteiger partial charge in [-0.2, -0.15) is 0 Å². The zero-order valence-corrected chi connectivity index (χ0v) is 40.6. The summed E-state index contributed by atoms with van der Waals surface area (Å²) in [5.74, 6) is -2.26. The van der Waals surface area contributed by atoms with Crippen LogP contribution in [0.15, 0.2) is 22.8 Å². The summed E-state index contributed by atoms with van der Waals surface area (Å²) < 4.78 is 43.3. The van der Waals surface area contributed by atoms with Crippen molar-refractivity contribution in [3.8, 4) is 0 Å². The Morgan fingerprint density at radius 2 is 1.67 bits per heavy atom. The molecule has 370 valence electrons. The fourth-order valence-corrected chi connectivity index (χ4v) is 10.0. The second kappa shape index (κ2) is 23.0. The maximum atomic E-state index is 14.5. The van der Waals surface area contributed by atoms with Crippen LogP contribution in [0.3, 0.4) is 0 Å². The van der Waals surface area contributed by atoms with Crippen LogP contribution in [0.25, 0.3) is 0 Å². The molecular formula is C46H82N4O14. The van der Waals surface area contributed by atoms with Gasteiger partial charge in [-0.05, 0) is 106 Å². The Kier molecular flexibility index (Phi) is 19.5. The van der Waals surface area contributed by atoms with E-state index in [1.165, 1.54) is 20.3 Å². The number of hydrogen-bond donors (Lipinski definition) is 7. The molecule has 3 aliphatic rings. The average Bonchev–Trinajstić information content (AvgIpc) is 3.76. The minimum atomic E-state index is -1.92. The second-order valence-corrected chi connectivity index (χ2v) is 19.8. The van der Waals surface area contributed by atoms with Crippen LogP contribution < -0.4 is 10.6 Å². The molecule has 2 amide bonds. The van der Waals surface area contributed by atoms with E-state index in [-0.39, 0.29) is 49.9 Å². The summed E-state index contributed by atoms with van der Waals surface area (Å²) in [5, 5.41) is 65.3. The van der Waals surface area contributed by atoms with E-state index in [1.807, 2.05) is 37.7 Å². The van der Waals surface area contributed by atoms with Gasteiger partial charge in [0.15, 0.2) is 12.6 Å².